The second-order valence-electron chi connectivity index (χ2n) is 9.65. The summed E-state index contributed by atoms with van der Waals surface area (Å²) in [5.74, 6) is 1.11. The zero-order chi connectivity index (χ0) is 26.0. The predicted octanol–water partition coefficient (Wildman–Crippen LogP) is 2.12. The van der Waals surface area contributed by atoms with Crippen molar-refractivity contribution in [1.29, 1.82) is 0 Å². The fourth-order valence-corrected chi connectivity index (χ4v) is 5.63. The van der Waals surface area contributed by atoms with E-state index >= 15 is 0 Å². The standard InChI is InChI=1S/C24H31N9O3S/c1-15(2)30-20-10-22(27-13-19(20)24(34)28-12-17-4-3-8-25-17)31-21-7-9-26-23(32-21)16-11-29-33(14-16)37(35,36)18-5-6-18/h7,9-11,13-15,17-18,25H,3-6,8,12H2,1-2H3,(H,28,34)(H2,26,27,30,31,32)/t17-/m0/s1. The Labute approximate surface area is 215 Å². The van der Waals surface area contributed by atoms with Crippen LogP contribution in [0.3, 0.4) is 0 Å². The molecule has 4 N–H and O–H groups in total. The summed E-state index contributed by atoms with van der Waals surface area (Å²) in [5, 5.41) is 16.5. The lowest BCUT2D eigenvalue weighted by Gasteiger charge is -2.17. The van der Waals surface area contributed by atoms with Gasteiger partial charge in [0, 0.05) is 37.1 Å². The van der Waals surface area contributed by atoms with Crippen molar-refractivity contribution in [3.63, 3.8) is 0 Å². The molecule has 3 aromatic rings. The van der Waals surface area contributed by atoms with Crippen molar-refractivity contribution in [2.24, 2.45) is 0 Å². The quantitative estimate of drug-likeness (QED) is 0.309. The fraction of sp³-hybridized carbons (Fsp3) is 0.458. The van der Waals surface area contributed by atoms with E-state index in [9.17, 15) is 13.2 Å². The van der Waals surface area contributed by atoms with Crippen LogP contribution in [0.2, 0.25) is 0 Å². The minimum atomic E-state index is -3.47. The van der Waals surface area contributed by atoms with E-state index in [0.29, 0.717) is 59.7 Å². The number of pyridine rings is 1. The molecule has 37 heavy (non-hydrogen) atoms. The molecule has 5 rings (SSSR count). The van der Waals surface area contributed by atoms with E-state index < -0.39 is 10.0 Å². The van der Waals surface area contributed by atoms with Gasteiger partial charge in [-0.2, -0.15) is 9.19 Å². The second-order valence-corrected chi connectivity index (χ2v) is 11.7. The van der Waals surface area contributed by atoms with Gasteiger partial charge in [0.2, 0.25) is 0 Å². The number of carbonyl (C=O) groups excluding carboxylic acids is 1. The molecule has 1 amide bonds. The summed E-state index contributed by atoms with van der Waals surface area (Å²) in [6, 6.07) is 3.85. The highest BCUT2D eigenvalue weighted by molar-refractivity contribution is 7.90. The van der Waals surface area contributed by atoms with Crippen molar-refractivity contribution in [3.05, 3.63) is 42.5 Å². The molecule has 12 nitrogen and oxygen atoms in total. The summed E-state index contributed by atoms with van der Waals surface area (Å²) in [4.78, 5) is 26.1. The molecule has 0 bridgehead atoms. The van der Waals surface area contributed by atoms with E-state index in [-0.39, 0.29) is 17.2 Å². The Morgan fingerprint density at radius 2 is 2.03 bits per heavy atom. The van der Waals surface area contributed by atoms with E-state index in [1.165, 1.54) is 12.4 Å². The van der Waals surface area contributed by atoms with E-state index in [1.807, 2.05) is 13.8 Å². The zero-order valence-corrected chi connectivity index (χ0v) is 21.6. The van der Waals surface area contributed by atoms with Gasteiger partial charge >= 0.3 is 0 Å². The lowest BCUT2D eigenvalue weighted by atomic mass is 10.1. The first-order chi connectivity index (χ1) is 17.8. The molecule has 1 atom stereocenters. The third-order valence-electron chi connectivity index (χ3n) is 6.20. The normalized spacial score (nSPS) is 17.6. The van der Waals surface area contributed by atoms with Gasteiger partial charge in [-0.15, -0.1) is 0 Å². The minimum absolute atomic E-state index is 0.104. The van der Waals surface area contributed by atoms with E-state index in [4.69, 9.17) is 0 Å². The third kappa shape index (κ3) is 5.88. The van der Waals surface area contributed by atoms with Crippen LogP contribution in [-0.4, -0.2) is 68.9 Å². The molecule has 2 aliphatic rings. The maximum absolute atomic E-state index is 12.9. The number of aromatic nitrogens is 5. The largest absolute Gasteiger partial charge is 0.382 e. The first-order valence-electron chi connectivity index (χ1n) is 12.5. The number of hydrogen-bond donors (Lipinski definition) is 4. The van der Waals surface area contributed by atoms with Gasteiger partial charge in [-0.05, 0) is 52.1 Å². The lowest BCUT2D eigenvalue weighted by molar-refractivity contribution is 0.0950. The molecule has 4 heterocycles. The van der Waals surface area contributed by atoms with Crippen molar-refractivity contribution in [1.82, 2.24) is 34.8 Å². The van der Waals surface area contributed by atoms with Crippen LogP contribution in [0, 0.1) is 0 Å². The Bertz CT molecular complexity index is 1380. The van der Waals surface area contributed by atoms with Crippen LogP contribution in [0.1, 0.15) is 49.9 Å². The molecule has 1 saturated carbocycles. The monoisotopic (exact) mass is 525 g/mol. The van der Waals surface area contributed by atoms with Gasteiger partial charge in [-0.1, -0.05) is 0 Å². The molecule has 0 unspecified atom stereocenters. The van der Waals surface area contributed by atoms with Crippen molar-refractivity contribution in [2.75, 3.05) is 23.7 Å². The van der Waals surface area contributed by atoms with E-state index in [2.05, 4.69) is 41.3 Å². The van der Waals surface area contributed by atoms with Gasteiger partial charge in [0.05, 0.1) is 34.5 Å². The minimum Gasteiger partial charge on any atom is -0.382 e. The Kier molecular flexibility index (Phi) is 7.07. The first-order valence-corrected chi connectivity index (χ1v) is 14.0. The molecular formula is C24H31N9O3S. The second kappa shape index (κ2) is 10.4. The summed E-state index contributed by atoms with van der Waals surface area (Å²) < 4.78 is 25.9. The number of rotatable bonds is 10. The Balaban J connectivity index is 1.32. The average molecular weight is 526 g/mol. The summed E-state index contributed by atoms with van der Waals surface area (Å²) >= 11 is 0. The van der Waals surface area contributed by atoms with Gasteiger partial charge in [-0.25, -0.2) is 23.4 Å². The van der Waals surface area contributed by atoms with E-state index in [0.717, 1.165) is 23.5 Å². The molecule has 1 aliphatic carbocycles. The molecular weight excluding hydrogens is 494 g/mol. The Morgan fingerprint density at radius 1 is 1.19 bits per heavy atom. The van der Waals surface area contributed by atoms with Crippen LogP contribution in [0.5, 0.6) is 0 Å². The summed E-state index contributed by atoms with van der Waals surface area (Å²) in [6.45, 7) is 5.55. The molecule has 2 fully saturated rings. The summed E-state index contributed by atoms with van der Waals surface area (Å²) in [5.41, 5.74) is 1.61. The SMILES string of the molecule is CC(C)Nc1cc(Nc2ccnc(-c3cnn(S(=O)(=O)C4CC4)c3)n2)ncc1C(=O)NC[C@@H]1CCCN1. The van der Waals surface area contributed by atoms with Crippen LogP contribution in [-0.2, 0) is 10.0 Å². The van der Waals surface area contributed by atoms with Crippen LogP contribution in [0.25, 0.3) is 11.4 Å². The van der Waals surface area contributed by atoms with Gasteiger partial charge in [0.15, 0.2) is 5.82 Å². The maximum atomic E-state index is 12.9. The number of amides is 1. The Morgan fingerprint density at radius 3 is 2.76 bits per heavy atom. The Hall–Kier alpha value is -3.58. The van der Waals surface area contributed by atoms with Gasteiger partial charge in [-0.3, -0.25) is 4.79 Å². The topological polar surface area (TPSA) is 156 Å². The average Bonchev–Trinajstić information content (AvgIpc) is 3.38. The number of hydrogen-bond acceptors (Lipinski definition) is 10. The van der Waals surface area contributed by atoms with Gasteiger partial charge in [0.25, 0.3) is 15.9 Å². The molecule has 1 aliphatic heterocycles. The lowest BCUT2D eigenvalue weighted by Crippen LogP contribution is -2.37. The summed E-state index contributed by atoms with van der Waals surface area (Å²) in [6.07, 6.45) is 9.48. The molecule has 13 heteroatoms. The highest BCUT2D eigenvalue weighted by Crippen LogP contribution is 2.30. The van der Waals surface area contributed by atoms with Crippen LogP contribution < -0.4 is 21.3 Å². The van der Waals surface area contributed by atoms with E-state index in [1.54, 1.807) is 24.5 Å². The molecule has 3 aromatic heterocycles. The van der Waals surface area contributed by atoms with Gasteiger partial charge < -0.3 is 21.3 Å². The molecule has 1 saturated heterocycles. The smallest absolute Gasteiger partial charge is 0.256 e. The zero-order valence-electron chi connectivity index (χ0n) is 20.8. The van der Waals surface area contributed by atoms with Crippen LogP contribution >= 0.6 is 0 Å². The maximum Gasteiger partial charge on any atom is 0.256 e. The van der Waals surface area contributed by atoms with Crippen LogP contribution in [0.4, 0.5) is 17.3 Å². The van der Waals surface area contributed by atoms with Crippen molar-refractivity contribution in [3.8, 4) is 11.4 Å². The molecule has 196 valence electrons. The van der Waals surface area contributed by atoms with Gasteiger partial charge in [0.1, 0.15) is 11.6 Å². The highest BCUT2D eigenvalue weighted by Gasteiger charge is 2.37. The highest BCUT2D eigenvalue weighted by atomic mass is 32.2. The molecule has 0 aromatic carbocycles. The summed E-state index contributed by atoms with van der Waals surface area (Å²) in [7, 11) is -3.47. The molecule has 0 spiro atoms. The molecule has 0 radical (unpaired) electrons. The first kappa shape index (κ1) is 25.1. The van der Waals surface area contributed by atoms with Crippen LogP contribution in [0.15, 0.2) is 36.9 Å². The van der Waals surface area contributed by atoms with Crippen molar-refractivity contribution >= 4 is 33.3 Å². The number of carbonyl (C=O) groups is 1. The van der Waals surface area contributed by atoms with Crippen molar-refractivity contribution in [2.45, 2.75) is 56.9 Å². The number of nitrogens with one attached hydrogen (secondary N) is 4. The van der Waals surface area contributed by atoms with Crippen molar-refractivity contribution < 1.29 is 13.2 Å². The number of nitrogens with zero attached hydrogens (tertiary/aromatic N) is 5. The number of anilines is 3. The fourth-order valence-electron chi connectivity index (χ4n) is 4.15. The third-order valence-corrected chi connectivity index (χ3v) is 8.24. The predicted molar refractivity (Wildman–Crippen MR) is 140 cm³/mol.